The first-order valence-corrected chi connectivity index (χ1v) is 6.33. The van der Waals surface area contributed by atoms with Gasteiger partial charge in [0, 0.05) is 6.42 Å². The van der Waals surface area contributed by atoms with Gasteiger partial charge in [-0.05, 0) is 55.9 Å². The van der Waals surface area contributed by atoms with E-state index in [0.29, 0.717) is 23.0 Å². The van der Waals surface area contributed by atoms with Crippen molar-refractivity contribution in [2.75, 3.05) is 0 Å². The summed E-state index contributed by atoms with van der Waals surface area (Å²) in [5, 5.41) is 0. The molecule has 3 atom stereocenters. The Morgan fingerprint density at radius 1 is 1.56 bits per heavy atom. The van der Waals surface area contributed by atoms with Crippen molar-refractivity contribution in [1.29, 1.82) is 0 Å². The summed E-state index contributed by atoms with van der Waals surface area (Å²) in [5.74, 6) is 1.52. The van der Waals surface area contributed by atoms with Crippen molar-refractivity contribution in [3.05, 3.63) is 23.8 Å². The predicted octanol–water partition coefficient (Wildman–Crippen LogP) is 3.90. The fourth-order valence-corrected chi connectivity index (χ4v) is 3.40. The monoisotopic (exact) mass is 218 g/mol. The number of Topliss-reactive ketones (excluding diaryl/α,β-unsaturated/α-hetero) is 1. The van der Waals surface area contributed by atoms with Crippen molar-refractivity contribution < 1.29 is 4.79 Å². The summed E-state index contributed by atoms with van der Waals surface area (Å²) < 4.78 is 0. The summed E-state index contributed by atoms with van der Waals surface area (Å²) in [4.78, 5) is 11.7. The van der Waals surface area contributed by atoms with E-state index in [-0.39, 0.29) is 0 Å². The average molecular weight is 218 g/mol. The van der Waals surface area contributed by atoms with Crippen LogP contribution in [0.2, 0.25) is 0 Å². The fourth-order valence-electron chi connectivity index (χ4n) is 3.40. The molecule has 2 aliphatic rings. The zero-order chi connectivity index (χ0) is 11.9. The van der Waals surface area contributed by atoms with Gasteiger partial charge in [0.15, 0.2) is 5.78 Å². The molecule has 1 heteroatoms. The molecule has 0 aromatic heterocycles. The zero-order valence-corrected chi connectivity index (χ0v) is 10.7. The van der Waals surface area contributed by atoms with Crippen LogP contribution in [0.25, 0.3) is 0 Å². The van der Waals surface area contributed by atoms with Gasteiger partial charge in [-0.1, -0.05) is 25.2 Å². The Balaban J connectivity index is 2.26. The second-order valence-corrected chi connectivity index (χ2v) is 5.87. The third-order valence-corrected chi connectivity index (χ3v) is 4.70. The van der Waals surface area contributed by atoms with Crippen LogP contribution in [0.15, 0.2) is 23.8 Å². The molecule has 2 rings (SSSR count). The van der Waals surface area contributed by atoms with Gasteiger partial charge in [0.2, 0.25) is 0 Å². The third-order valence-electron chi connectivity index (χ3n) is 4.70. The summed E-state index contributed by atoms with van der Waals surface area (Å²) in [7, 11) is 0. The summed E-state index contributed by atoms with van der Waals surface area (Å²) >= 11 is 0. The second-order valence-electron chi connectivity index (χ2n) is 5.87. The first kappa shape index (κ1) is 11.6. The Morgan fingerprint density at radius 3 is 2.81 bits per heavy atom. The van der Waals surface area contributed by atoms with Gasteiger partial charge in [-0.2, -0.15) is 0 Å². The number of carbonyl (C=O) groups excluding carboxylic acids is 1. The number of allylic oxidation sites excluding steroid dienone is 3. The van der Waals surface area contributed by atoms with Crippen LogP contribution >= 0.6 is 0 Å². The van der Waals surface area contributed by atoms with Crippen LogP contribution in [0.1, 0.15) is 46.5 Å². The molecule has 0 aliphatic heterocycles. The Morgan fingerprint density at radius 2 is 2.25 bits per heavy atom. The molecule has 0 radical (unpaired) electrons. The highest BCUT2D eigenvalue weighted by Gasteiger charge is 2.44. The molecule has 0 saturated heterocycles. The second kappa shape index (κ2) is 3.87. The van der Waals surface area contributed by atoms with E-state index in [1.165, 1.54) is 24.8 Å². The van der Waals surface area contributed by atoms with Crippen molar-refractivity contribution in [1.82, 2.24) is 0 Å². The van der Waals surface area contributed by atoms with Crippen LogP contribution in [0.5, 0.6) is 0 Å². The highest BCUT2D eigenvalue weighted by Crippen LogP contribution is 2.53. The number of hydrogen-bond acceptors (Lipinski definition) is 1. The summed E-state index contributed by atoms with van der Waals surface area (Å²) in [6.07, 6.45) is 6.69. The maximum atomic E-state index is 11.7. The molecule has 88 valence electrons. The number of rotatable bonds is 1. The van der Waals surface area contributed by atoms with Crippen LogP contribution in [-0.2, 0) is 4.79 Å². The lowest BCUT2D eigenvalue weighted by atomic mass is 9.67. The molecule has 1 fully saturated rings. The molecule has 2 aliphatic carbocycles. The van der Waals surface area contributed by atoms with Gasteiger partial charge in [0.25, 0.3) is 0 Å². The van der Waals surface area contributed by atoms with Gasteiger partial charge >= 0.3 is 0 Å². The van der Waals surface area contributed by atoms with E-state index in [0.717, 1.165) is 12.0 Å². The van der Waals surface area contributed by atoms with Crippen LogP contribution in [0.4, 0.5) is 0 Å². The molecule has 0 aromatic rings. The summed E-state index contributed by atoms with van der Waals surface area (Å²) in [6, 6.07) is 0. The van der Waals surface area contributed by atoms with Gasteiger partial charge in [-0.3, -0.25) is 4.79 Å². The molecular formula is C15H22O. The van der Waals surface area contributed by atoms with Crippen molar-refractivity contribution in [2.24, 2.45) is 17.3 Å². The fraction of sp³-hybridized carbons (Fsp3) is 0.667. The van der Waals surface area contributed by atoms with E-state index in [2.05, 4.69) is 26.5 Å². The number of ketones is 1. The lowest BCUT2D eigenvalue weighted by Gasteiger charge is -2.37. The van der Waals surface area contributed by atoms with Crippen molar-refractivity contribution in [3.8, 4) is 0 Å². The van der Waals surface area contributed by atoms with E-state index < -0.39 is 0 Å². The van der Waals surface area contributed by atoms with Gasteiger partial charge in [0.1, 0.15) is 0 Å². The van der Waals surface area contributed by atoms with Gasteiger partial charge < -0.3 is 0 Å². The zero-order valence-electron chi connectivity index (χ0n) is 10.7. The summed E-state index contributed by atoms with van der Waals surface area (Å²) in [5.41, 5.74) is 2.59. The standard InChI is InChI=1S/C15H22O/c1-10(2)13-5-6-15(9-13)8-11(3)14(16)7-12(15)4/h8,12-13H,1,5-7,9H2,2-4H3. The highest BCUT2D eigenvalue weighted by atomic mass is 16.1. The highest BCUT2D eigenvalue weighted by molar-refractivity contribution is 5.96. The molecule has 0 amide bonds. The smallest absolute Gasteiger partial charge is 0.158 e. The van der Waals surface area contributed by atoms with E-state index in [9.17, 15) is 4.79 Å². The predicted molar refractivity (Wildman–Crippen MR) is 67.1 cm³/mol. The maximum absolute atomic E-state index is 11.7. The first-order chi connectivity index (χ1) is 7.44. The Hall–Kier alpha value is -0.850. The van der Waals surface area contributed by atoms with Crippen LogP contribution in [0, 0.1) is 17.3 Å². The van der Waals surface area contributed by atoms with Crippen LogP contribution < -0.4 is 0 Å². The molecule has 0 aromatic carbocycles. The minimum Gasteiger partial charge on any atom is -0.295 e. The Bertz CT molecular complexity index is 364. The van der Waals surface area contributed by atoms with Crippen molar-refractivity contribution in [2.45, 2.75) is 46.5 Å². The van der Waals surface area contributed by atoms with Crippen LogP contribution in [-0.4, -0.2) is 5.78 Å². The SMILES string of the molecule is C=C(C)C1CCC2(C=C(C)C(=O)CC2C)C1. The molecule has 1 spiro atoms. The normalized spacial score (nSPS) is 38.9. The minimum absolute atomic E-state index is 0.293. The third kappa shape index (κ3) is 1.77. The van der Waals surface area contributed by atoms with Crippen molar-refractivity contribution >= 4 is 5.78 Å². The molecule has 1 nitrogen and oxygen atoms in total. The lowest BCUT2D eigenvalue weighted by Crippen LogP contribution is -2.31. The molecule has 3 unspecified atom stereocenters. The molecule has 1 saturated carbocycles. The van der Waals surface area contributed by atoms with E-state index in [1.807, 2.05) is 6.92 Å². The molecule has 0 N–H and O–H groups in total. The molecule has 0 heterocycles. The van der Waals surface area contributed by atoms with E-state index in [1.54, 1.807) is 0 Å². The maximum Gasteiger partial charge on any atom is 0.158 e. The minimum atomic E-state index is 0.293. The quantitative estimate of drug-likeness (QED) is 0.610. The van der Waals surface area contributed by atoms with Gasteiger partial charge in [0.05, 0.1) is 0 Å². The lowest BCUT2D eigenvalue weighted by molar-refractivity contribution is -0.117. The van der Waals surface area contributed by atoms with E-state index >= 15 is 0 Å². The topological polar surface area (TPSA) is 17.1 Å². The first-order valence-electron chi connectivity index (χ1n) is 6.33. The van der Waals surface area contributed by atoms with Crippen molar-refractivity contribution in [3.63, 3.8) is 0 Å². The molecule has 0 bridgehead atoms. The average Bonchev–Trinajstić information content (AvgIpc) is 2.61. The molecular weight excluding hydrogens is 196 g/mol. The number of hydrogen-bond donors (Lipinski definition) is 0. The van der Waals surface area contributed by atoms with Gasteiger partial charge in [-0.25, -0.2) is 0 Å². The largest absolute Gasteiger partial charge is 0.295 e. The Kier molecular flexibility index (Phi) is 2.81. The van der Waals surface area contributed by atoms with Gasteiger partial charge in [-0.15, -0.1) is 0 Å². The van der Waals surface area contributed by atoms with Crippen LogP contribution in [0.3, 0.4) is 0 Å². The summed E-state index contributed by atoms with van der Waals surface area (Å²) in [6.45, 7) is 10.4. The molecule has 16 heavy (non-hydrogen) atoms. The van der Waals surface area contributed by atoms with E-state index in [4.69, 9.17) is 0 Å². The number of carbonyl (C=O) groups is 1. The Labute approximate surface area is 98.6 Å².